The maximum absolute atomic E-state index is 10.5. The summed E-state index contributed by atoms with van der Waals surface area (Å²) >= 11 is 0. The summed E-state index contributed by atoms with van der Waals surface area (Å²) in [5, 5.41) is 8.65. The third-order valence-electron chi connectivity index (χ3n) is 3.41. The Morgan fingerprint density at radius 3 is 2.67 bits per heavy atom. The number of hydrogen-bond donors (Lipinski definition) is 1. The van der Waals surface area contributed by atoms with Crippen molar-refractivity contribution in [2.24, 2.45) is 11.8 Å². The molecule has 0 saturated carbocycles. The summed E-state index contributed by atoms with van der Waals surface area (Å²) in [6.45, 7) is 6.57. The van der Waals surface area contributed by atoms with Crippen LogP contribution in [0.15, 0.2) is 16.5 Å². The summed E-state index contributed by atoms with van der Waals surface area (Å²) in [4.78, 5) is 12.8. The predicted molar refractivity (Wildman–Crippen MR) is 69.8 cm³/mol. The minimum atomic E-state index is -0.784. The molecule has 4 nitrogen and oxygen atoms in total. The van der Waals surface area contributed by atoms with E-state index in [1.54, 1.807) is 0 Å². The molecule has 2 unspecified atom stereocenters. The summed E-state index contributed by atoms with van der Waals surface area (Å²) in [5.74, 6) is 2.22. The van der Waals surface area contributed by atoms with Crippen molar-refractivity contribution in [2.75, 3.05) is 18.0 Å². The smallest absolute Gasteiger partial charge is 0.303 e. The second-order valence-corrected chi connectivity index (χ2v) is 5.48. The second-order valence-electron chi connectivity index (χ2n) is 5.48. The maximum atomic E-state index is 10.5. The highest BCUT2D eigenvalue weighted by atomic mass is 16.4. The van der Waals surface area contributed by atoms with Crippen LogP contribution in [0.4, 0.5) is 5.88 Å². The van der Waals surface area contributed by atoms with Gasteiger partial charge in [-0.25, -0.2) is 0 Å². The third-order valence-corrected chi connectivity index (χ3v) is 3.41. The summed E-state index contributed by atoms with van der Waals surface area (Å²) < 4.78 is 5.73. The normalized spacial score (nSPS) is 24.2. The van der Waals surface area contributed by atoms with Gasteiger partial charge in [0.25, 0.3) is 0 Å². The zero-order valence-electron chi connectivity index (χ0n) is 11.1. The Kier molecular flexibility index (Phi) is 3.94. The zero-order valence-corrected chi connectivity index (χ0v) is 11.1. The molecule has 0 radical (unpaired) electrons. The van der Waals surface area contributed by atoms with Gasteiger partial charge in [-0.2, -0.15) is 0 Å². The molecule has 1 aromatic rings. The Morgan fingerprint density at radius 2 is 2.06 bits per heavy atom. The molecular formula is C14H21NO3. The summed E-state index contributed by atoms with van der Waals surface area (Å²) in [6, 6.07) is 3.85. The molecule has 1 aliphatic rings. The minimum absolute atomic E-state index is 0.125. The van der Waals surface area contributed by atoms with Crippen molar-refractivity contribution in [3.63, 3.8) is 0 Å². The molecule has 0 bridgehead atoms. The van der Waals surface area contributed by atoms with Gasteiger partial charge in [0, 0.05) is 25.6 Å². The Hall–Kier alpha value is -1.45. The van der Waals surface area contributed by atoms with E-state index in [-0.39, 0.29) is 6.42 Å². The number of nitrogens with zero attached hydrogens (tertiary/aromatic N) is 1. The molecule has 100 valence electrons. The number of carboxylic acid groups (broad SMARTS) is 1. The molecule has 0 spiro atoms. The van der Waals surface area contributed by atoms with Crippen LogP contribution in [-0.2, 0) is 11.2 Å². The predicted octanol–water partition coefficient (Wildman–Crippen LogP) is 2.78. The summed E-state index contributed by atoms with van der Waals surface area (Å²) in [6.07, 6.45) is 1.86. The van der Waals surface area contributed by atoms with Crippen molar-refractivity contribution < 1.29 is 14.3 Å². The molecule has 1 fully saturated rings. The van der Waals surface area contributed by atoms with Gasteiger partial charge >= 0.3 is 5.97 Å². The van der Waals surface area contributed by atoms with Crippen LogP contribution in [0.5, 0.6) is 0 Å². The van der Waals surface area contributed by atoms with E-state index in [1.807, 2.05) is 12.1 Å². The second kappa shape index (κ2) is 5.46. The van der Waals surface area contributed by atoms with E-state index in [4.69, 9.17) is 9.52 Å². The molecule has 4 heteroatoms. The van der Waals surface area contributed by atoms with E-state index < -0.39 is 5.97 Å². The van der Waals surface area contributed by atoms with Crippen LogP contribution in [0.1, 0.15) is 32.4 Å². The van der Waals surface area contributed by atoms with Crippen molar-refractivity contribution in [1.29, 1.82) is 0 Å². The SMILES string of the molecule is CC1CC(C)CN(c2ccc(CCC(=O)O)o2)C1. The molecule has 18 heavy (non-hydrogen) atoms. The summed E-state index contributed by atoms with van der Waals surface area (Å²) in [7, 11) is 0. The number of carboxylic acids is 1. The Labute approximate surface area is 108 Å². The Morgan fingerprint density at radius 1 is 1.39 bits per heavy atom. The highest BCUT2D eigenvalue weighted by Crippen LogP contribution is 2.27. The lowest BCUT2D eigenvalue weighted by molar-refractivity contribution is -0.137. The number of furan rings is 1. The van der Waals surface area contributed by atoms with Crippen LogP contribution in [0.25, 0.3) is 0 Å². The highest BCUT2D eigenvalue weighted by Gasteiger charge is 2.23. The quantitative estimate of drug-likeness (QED) is 0.894. The first-order valence-electron chi connectivity index (χ1n) is 6.60. The van der Waals surface area contributed by atoms with Crippen molar-refractivity contribution in [1.82, 2.24) is 0 Å². The summed E-state index contributed by atoms with van der Waals surface area (Å²) in [5.41, 5.74) is 0. The van der Waals surface area contributed by atoms with Gasteiger partial charge in [0.05, 0.1) is 6.42 Å². The molecule has 1 aliphatic heterocycles. The third kappa shape index (κ3) is 3.28. The van der Waals surface area contributed by atoms with Crippen LogP contribution in [-0.4, -0.2) is 24.2 Å². The molecule has 1 saturated heterocycles. The van der Waals surface area contributed by atoms with E-state index in [1.165, 1.54) is 6.42 Å². The Balaban J connectivity index is 1.98. The first-order chi connectivity index (χ1) is 8.54. The molecule has 0 aromatic carbocycles. The fourth-order valence-electron chi connectivity index (χ4n) is 2.74. The molecule has 0 amide bonds. The zero-order chi connectivity index (χ0) is 13.1. The molecule has 0 aliphatic carbocycles. The lowest BCUT2D eigenvalue weighted by Gasteiger charge is -2.34. The fraction of sp³-hybridized carbons (Fsp3) is 0.643. The molecule has 2 heterocycles. The number of carbonyl (C=O) groups is 1. The van der Waals surface area contributed by atoms with Crippen molar-refractivity contribution in [3.05, 3.63) is 17.9 Å². The monoisotopic (exact) mass is 251 g/mol. The van der Waals surface area contributed by atoms with Crippen molar-refractivity contribution in [2.45, 2.75) is 33.1 Å². The fourth-order valence-corrected chi connectivity index (χ4v) is 2.74. The number of rotatable bonds is 4. The van der Waals surface area contributed by atoms with Gasteiger partial charge in [-0.3, -0.25) is 4.79 Å². The van der Waals surface area contributed by atoms with E-state index in [2.05, 4.69) is 18.7 Å². The highest BCUT2D eigenvalue weighted by molar-refractivity contribution is 5.66. The van der Waals surface area contributed by atoms with Gasteiger partial charge < -0.3 is 14.4 Å². The molecule has 2 atom stereocenters. The lowest BCUT2D eigenvalue weighted by atomic mass is 9.92. The van der Waals surface area contributed by atoms with Gasteiger partial charge in [-0.05, 0) is 24.3 Å². The van der Waals surface area contributed by atoms with Gasteiger partial charge in [-0.15, -0.1) is 0 Å². The van der Waals surface area contributed by atoms with E-state index >= 15 is 0 Å². The molecule has 1 aromatic heterocycles. The number of aryl methyl sites for hydroxylation is 1. The van der Waals surface area contributed by atoms with Crippen LogP contribution in [0.3, 0.4) is 0 Å². The van der Waals surface area contributed by atoms with Crippen LogP contribution in [0.2, 0.25) is 0 Å². The van der Waals surface area contributed by atoms with Gasteiger partial charge in [0.15, 0.2) is 5.88 Å². The van der Waals surface area contributed by atoms with E-state index in [0.29, 0.717) is 18.3 Å². The number of aliphatic carboxylic acids is 1. The Bertz CT molecular complexity index is 403. The van der Waals surface area contributed by atoms with Gasteiger partial charge in [0.2, 0.25) is 0 Å². The minimum Gasteiger partial charge on any atom is -0.481 e. The largest absolute Gasteiger partial charge is 0.481 e. The van der Waals surface area contributed by atoms with Gasteiger partial charge in [-0.1, -0.05) is 13.8 Å². The average molecular weight is 251 g/mol. The maximum Gasteiger partial charge on any atom is 0.303 e. The topological polar surface area (TPSA) is 53.7 Å². The van der Waals surface area contributed by atoms with Crippen molar-refractivity contribution in [3.8, 4) is 0 Å². The number of piperidine rings is 1. The molecule has 1 N–H and O–H groups in total. The van der Waals surface area contributed by atoms with E-state index in [0.717, 1.165) is 24.7 Å². The molecule has 2 rings (SSSR count). The first-order valence-corrected chi connectivity index (χ1v) is 6.60. The van der Waals surface area contributed by atoms with E-state index in [9.17, 15) is 4.79 Å². The average Bonchev–Trinajstić information content (AvgIpc) is 2.73. The lowest BCUT2D eigenvalue weighted by Crippen LogP contribution is -2.38. The van der Waals surface area contributed by atoms with Crippen LogP contribution in [0, 0.1) is 11.8 Å². The van der Waals surface area contributed by atoms with Crippen molar-refractivity contribution >= 4 is 11.9 Å². The standard InChI is InChI=1S/C14H21NO3/c1-10-7-11(2)9-15(8-10)13-5-3-12(18-13)4-6-14(16)17/h3,5,10-11H,4,6-9H2,1-2H3,(H,16,17). The molecular weight excluding hydrogens is 230 g/mol. The number of anilines is 1. The number of hydrogen-bond acceptors (Lipinski definition) is 3. The van der Waals surface area contributed by atoms with Crippen LogP contribution >= 0.6 is 0 Å². The first kappa shape index (κ1) is 13.0. The van der Waals surface area contributed by atoms with Gasteiger partial charge in [0.1, 0.15) is 5.76 Å². The van der Waals surface area contributed by atoms with Crippen LogP contribution < -0.4 is 4.90 Å².